The van der Waals surface area contributed by atoms with E-state index < -0.39 is 10.8 Å². The molecule has 0 bridgehead atoms. The van der Waals surface area contributed by atoms with Crippen molar-refractivity contribution in [2.24, 2.45) is 0 Å². The van der Waals surface area contributed by atoms with Gasteiger partial charge < -0.3 is 10.1 Å². The van der Waals surface area contributed by atoms with Crippen LogP contribution < -0.4 is 15.6 Å². The number of nitrogens with one attached hydrogen (secondary N) is 1. The highest BCUT2D eigenvalue weighted by molar-refractivity contribution is 5.93. The Morgan fingerprint density at radius 3 is 2.70 bits per heavy atom. The summed E-state index contributed by atoms with van der Waals surface area (Å²) in [6.07, 6.45) is 0. The molecule has 138 valence electrons. The van der Waals surface area contributed by atoms with Crippen molar-refractivity contribution in [1.29, 1.82) is 0 Å². The van der Waals surface area contributed by atoms with E-state index in [4.69, 9.17) is 4.74 Å². The molecule has 0 spiro atoms. The Labute approximate surface area is 154 Å². The molecular formula is C19H17N3O5. The van der Waals surface area contributed by atoms with Gasteiger partial charge in [0.05, 0.1) is 22.7 Å². The first-order chi connectivity index (χ1) is 13.0. The number of para-hydroxylation sites is 2. The summed E-state index contributed by atoms with van der Waals surface area (Å²) in [7, 11) is 0. The first-order valence-corrected chi connectivity index (χ1v) is 8.29. The largest absolute Gasteiger partial charge is 0.492 e. The van der Waals surface area contributed by atoms with Crippen LogP contribution in [0.3, 0.4) is 0 Å². The molecule has 1 amide bonds. The Kier molecular flexibility index (Phi) is 5.16. The van der Waals surface area contributed by atoms with E-state index in [2.05, 4.69) is 5.32 Å². The lowest BCUT2D eigenvalue weighted by Crippen LogP contribution is -2.27. The number of nitro benzene ring substituents is 1. The van der Waals surface area contributed by atoms with Crippen LogP contribution in [0.15, 0.2) is 59.4 Å². The second-order valence-electron chi connectivity index (χ2n) is 5.74. The number of benzene rings is 2. The van der Waals surface area contributed by atoms with Crippen LogP contribution in [0.2, 0.25) is 0 Å². The van der Waals surface area contributed by atoms with Crippen LogP contribution >= 0.6 is 0 Å². The lowest BCUT2D eigenvalue weighted by Gasteiger charge is -2.13. The Balaban J connectivity index is 1.90. The lowest BCUT2D eigenvalue weighted by atomic mass is 10.2. The van der Waals surface area contributed by atoms with Crippen LogP contribution in [0.4, 0.5) is 11.4 Å². The molecule has 27 heavy (non-hydrogen) atoms. The van der Waals surface area contributed by atoms with Crippen molar-refractivity contribution in [3.63, 3.8) is 0 Å². The molecule has 3 rings (SSSR count). The van der Waals surface area contributed by atoms with Crippen molar-refractivity contribution in [3.05, 3.63) is 75.1 Å². The van der Waals surface area contributed by atoms with Crippen molar-refractivity contribution in [2.45, 2.75) is 13.5 Å². The number of non-ortho nitro benzene ring substituents is 1. The number of rotatable bonds is 6. The van der Waals surface area contributed by atoms with Crippen LogP contribution in [-0.2, 0) is 11.3 Å². The van der Waals surface area contributed by atoms with Crippen molar-refractivity contribution in [2.75, 3.05) is 11.9 Å². The fourth-order valence-corrected chi connectivity index (χ4v) is 2.75. The third kappa shape index (κ3) is 3.95. The molecule has 2 aromatic carbocycles. The molecule has 0 saturated heterocycles. The van der Waals surface area contributed by atoms with E-state index in [1.54, 1.807) is 24.3 Å². The van der Waals surface area contributed by atoms with Gasteiger partial charge in [0.15, 0.2) is 0 Å². The number of fused-ring (bicyclic) bond motifs is 1. The van der Waals surface area contributed by atoms with Gasteiger partial charge in [0, 0.05) is 23.6 Å². The molecule has 3 aromatic rings. The number of anilines is 1. The molecule has 8 nitrogen and oxygen atoms in total. The molecule has 0 aliphatic carbocycles. The maximum Gasteiger partial charge on any atom is 0.270 e. The number of aromatic nitrogens is 1. The number of hydrogen-bond acceptors (Lipinski definition) is 5. The number of ether oxygens (including phenoxy) is 1. The molecule has 0 fully saturated rings. The van der Waals surface area contributed by atoms with Gasteiger partial charge in [-0.15, -0.1) is 0 Å². The molecule has 0 radical (unpaired) electrons. The zero-order chi connectivity index (χ0) is 19.4. The van der Waals surface area contributed by atoms with Crippen molar-refractivity contribution >= 4 is 28.2 Å². The number of carbonyl (C=O) groups excluding carboxylic acids is 1. The van der Waals surface area contributed by atoms with Crippen molar-refractivity contribution in [3.8, 4) is 5.75 Å². The summed E-state index contributed by atoms with van der Waals surface area (Å²) >= 11 is 0. The average molecular weight is 367 g/mol. The first kappa shape index (κ1) is 18.1. The number of nitrogens with zero attached hydrogens (tertiary/aromatic N) is 2. The molecule has 0 atom stereocenters. The summed E-state index contributed by atoms with van der Waals surface area (Å²) in [5.74, 6) is 0.129. The van der Waals surface area contributed by atoms with Gasteiger partial charge in [0.2, 0.25) is 5.91 Å². The zero-order valence-electron chi connectivity index (χ0n) is 14.5. The quantitative estimate of drug-likeness (QED) is 0.533. The second-order valence-corrected chi connectivity index (χ2v) is 5.74. The average Bonchev–Trinajstić information content (AvgIpc) is 2.65. The summed E-state index contributed by atoms with van der Waals surface area (Å²) in [5, 5.41) is 14.2. The zero-order valence-corrected chi connectivity index (χ0v) is 14.5. The van der Waals surface area contributed by atoms with Crippen molar-refractivity contribution < 1.29 is 14.5 Å². The summed E-state index contributed by atoms with van der Waals surface area (Å²) in [6, 6.07) is 13.9. The number of nitro groups is 1. The van der Waals surface area contributed by atoms with Gasteiger partial charge in [-0.25, -0.2) is 0 Å². The predicted molar refractivity (Wildman–Crippen MR) is 101 cm³/mol. The van der Waals surface area contributed by atoms with Gasteiger partial charge in [-0.05, 0) is 31.2 Å². The van der Waals surface area contributed by atoms with Crippen LogP contribution in [0.25, 0.3) is 10.9 Å². The number of amides is 1. The minimum absolute atomic E-state index is 0.0807. The Hall–Kier alpha value is -3.68. The topological polar surface area (TPSA) is 103 Å². The maximum atomic E-state index is 12.5. The van der Waals surface area contributed by atoms with Gasteiger partial charge in [-0.1, -0.05) is 12.1 Å². The molecule has 0 unspecified atom stereocenters. The Morgan fingerprint density at radius 2 is 1.96 bits per heavy atom. The molecule has 1 N–H and O–H groups in total. The number of pyridine rings is 1. The van der Waals surface area contributed by atoms with Gasteiger partial charge in [-0.2, -0.15) is 0 Å². The van der Waals surface area contributed by atoms with Crippen LogP contribution in [0.5, 0.6) is 5.75 Å². The smallest absolute Gasteiger partial charge is 0.270 e. The molecule has 0 aliphatic rings. The van der Waals surface area contributed by atoms with E-state index in [-0.39, 0.29) is 17.8 Å². The summed E-state index contributed by atoms with van der Waals surface area (Å²) in [5.41, 5.74) is 0.502. The summed E-state index contributed by atoms with van der Waals surface area (Å²) in [6.45, 7) is 2.07. The number of carbonyl (C=O) groups is 1. The third-order valence-electron chi connectivity index (χ3n) is 3.95. The van der Waals surface area contributed by atoms with Crippen LogP contribution in [-0.4, -0.2) is 22.0 Å². The lowest BCUT2D eigenvalue weighted by molar-refractivity contribution is -0.384. The van der Waals surface area contributed by atoms with Gasteiger partial charge in [0.25, 0.3) is 11.2 Å². The van der Waals surface area contributed by atoms with Gasteiger partial charge in [0.1, 0.15) is 12.3 Å². The van der Waals surface area contributed by atoms with Gasteiger partial charge >= 0.3 is 0 Å². The Bertz CT molecular complexity index is 1070. The highest BCUT2D eigenvalue weighted by atomic mass is 16.6. The minimum atomic E-state index is -0.508. The van der Waals surface area contributed by atoms with E-state index in [0.29, 0.717) is 28.9 Å². The fraction of sp³-hybridized carbons (Fsp3) is 0.158. The maximum absolute atomic E-state index is 12.5. The fourth-order valence-electron chi connectivity index (χ4n) is 2.75. The number of hydrogen-bond donors (Lipinski definition) is 1. The highest BCUT2D eigenvalue weighted by Crippen LogP contribution is 2.24. The van der Waals surface area contributed by atoms with E-state index in [1.807, 2.05) is 6.92 Å². The molecule has 8 heteroatoms. The SMILES string of the molecule is CCOc1ccccc1NC(=O)Cn1c(=O)ccc2cc([N+](=O)[O-])ccc21. The summed E-state index contributed by atoms with van der Waals surface area (Å²) < 4.78 is 6.75. The monoisotopic (exact) mass is 367 g/mol. The van der Waals surface area contributed by atoms with E-state index >= 15 is 0 Å². The van der Waals surface area contributed by atoms with E-state index in [0.717, 1.165) is 0 Å². The molecule has 1 aromatic heterocycles. The summed E-state index contributed by atoms with van der Waals surface area (Å²) in [4.78, 5) is 35.1. The second kappa shape index (κ2) is 7.69. The predicted octanol–water partition coefficient (Wildman–Crippen LogP) is 2.95. The highest BCUT2D eigenvalue weighted by Gasteiger charge is 2.13. The van der Waals surface area contributed by atoms with Crippen LogP contribution in [0.1, 0.15) is 6.92 Å². The van der Waals surface area contributed by atoms with E-state index in [9.17, 15) is 19.7 Å². The standard InChI is InChI=1S/C19H17N3O5/c1-2-27-17-6-4-3-5-15(17)20-18(23)12-21-16-9-8-14(22(25)26)11-13(16)7-10-19(21)24/h3-11H,2,12H2,1H3,(H,20,23). The third-order valence-corrected chi connectivity index (χ3v) is 3.95. The molecular weight excluding hydrogens is 350 g/mol. The van der Waals surface area contributed by atoms with Crippen LogP contribution in [0, 0.1) is 10.1 Å². The first-order valence-electron chi connectivity index (χ1n) is 8.29. The van der Waals surface area contributed by atoms with Crippen molar-refractivity contribution in [1.82, 2.24) is 4.57 Å². The molecule has 0 saturated carbocycles. The normalized spacial score (nSPS) is 10.6. The molecule has 1 heterocycles. The minimum Gasteiger partial charge on any atom is -0.492 e. The van der Waals surface area contributed by atoms with Gasteiger partial charge in [-0.3, -0.25) is 24.3 Å². The molecule has 0 aliphatic heterocycles. The van der Waals surface area contributed by atoms with E-state index in [1.165, 1.54) is 34.9 Å². The Morgan fingerprint density at radius 1 is 1.19 bits per heavy atom.